The second-order valence-corrected chi connectivity index (χ2v) is 31.9. The number of sulfonamides is 4. The molecule has 0 atom stereocenters. The zero-order valence-corrected chi connectivity index (χ0v) is 65.6. The summed E-state index contributed by atoms with van der Waals surface area (Å²) in [5, 5.41) is 0. The Morgan fingerprint density at radius 2 is 0.411 bits per heavy atom. The van der Waals surface area contributed by atoms with Gasteiger partial charge < -0.3 is 47.9 Å². The molecule has 112 heavy (non-hydrogen) atoms. The molecule has 0 spiro atoms. The van der Waals surface area contributed by atoms with Crippen molar-refractivity contribution in [2.45, 2.75) is 75.0 Å². The van der Waals surface area contributed by atoms with Gasteiger partial charge in [0.15, 0.2) is 0 Å². The molecule has 9 rings (SSSR count). The van der Waals surface area contributed by atoms with E-state index in [0.29, 0.717) is 83.8 Å². The van der Waals surface area contributed by atoms with Crippen molar-refractivity contribution >= 4 is 134 Å². The molecule has 0 amide bonds. The zero-order chi connectivity index (χ0) is 81.2. The Labute approximate surface area is 646 Å². The first kappa shape index (κ1) is 84.9. The van der Waals surface area contributed by atoms with E-state index in [2.05, 4.69) is 9.97 Å². The van der Waals surface area contributed by atoms with Crippen LogP contribution in [0.5, 0.6) is 0 Å². The molecule has 7 aromatic rings. The Hall–Kier alpha value is -11.1. The molecular formula is C76H82N8O24S4. The number of H-pyrrole nitrogens is 2. The predicted octanol–water partition coefficient (Wildman–Crippen LogP) is 7.79. The van der Waals surface area contributed by atoms with E-state index in [9.17, 15) is 72.0 Å². The van der Waals surface area contributed by atoms with Crippen molar-refractivity contribution < 1.29 is 110 Å². The molecule has 0 unspecified atom stereocenters. The number of hydrogen-bond acceptors (Lipinski definition) is 26. The fourth-order valence-corrected chi connectivity index (χ4v) is 17.2. The summed E-state index contributed by atoms with van der Waals surface area (Å²) >= 11 is 0. The third-order valence-electron chi connectivity index (χ3n) is 16.8. The Balaban J connectivity index is 1.35. The quantitative estimate of drug-likeness (QED) is 0.0279. The number of esters is 8. The summed E-state index contributed by atoms with van der Waals surface area (Å²) in [4.78, 5) is 119. The Morgan fingerprint density at radius 3 is 0.554 bits per heavy atom. The third-order valence-corrected chi connectivity index (χ3v) is 24.0. The molecule has 36 heteroatoms. The molecule has 5 heterocycles. The van der Waals surface area contributed by atoms with E-state index >= 15 is 0 Å². The van der Waals surface area contributed by atoms with Crippen molar-refractivity contribution in [1.82, 2.24) is 37.2 Å². The summed E-state index contributed by atoms with van der Waals surface area (Å²) < 4.78 is 159. The van der Waals surface area contributed by atoms with Gasteiger partial charge in [-0.3, -0.25) is 38.4 Å². The fourth-order valence-electron chi connectivity index (χ4n) is 11.9. The van der Waals surface area contributed by atoms with Gasteiger partial charge in [0, 0.05) is 44.3 Å². The van der Waals surface area contributed by atoms with Gasteiger partial charge in [0.1, 0.15) is 52.4 Å². The highest BCUT2D eigenvalue weighted by Gasteiger charge is 2.35. The van der Waals surface area contributed by atoms with Gasteiger partial charge in [-0.1, -0.05) is 48.5 Å². The number of ether oxygens (including phenoxy) is 8. The van der Waals surface area contributed by atoms with Gasteiger partial charge in [0.2, 0.25) is 40.1 Å². The smallest absolute Gasteiger partial charge is 0.321 e. The van der Waals surface area contributed by atoms with Crippen molar-refractivity contribution in [2.24, 2.45) is 0 Å². The van der Waals surface area contributed by atoms with Crippen LogP contribution in [0, 0.1) is 0 Å². The minimum atomic E-state index is -4.67. The molecule has 0 saturated carbocycles. The molecule has 4 aromatic carbocycles. The standard InChI is InChI=1S/C76H82N8O24S4/c1-9-101-65(85)41-81(42-66(86)102-10-2)109(93,94)53-25-17-49(18-26-53)73-57-33-35-59(77-57)74(50-19-27-54(28-20-50)110(95,96)82(43-67(87)103-11-3)44-68(88)104-12-4)61-37-39-63(79-61)76(52-23-31-56(32-24-52)112(99,100)84(47-71(91)107-15-7)48-72(92)108-16-8)64-40-38-62(80-64)75(60-36-34-58(73)78-60)51-21-29-55(30-22-51)111(97,98)83(45-69(89)105-13-5)46-70(90)106-14-6/h17-40,77,80H,9-16,41-48H2,1-8H3. The molecule has 2 aliphatic rings. The SMILES string of the molecule is CCOC(=O)CN(CC(=O)OCC)S(=O)(=O)c1ccc(-c2c3nc(c(-c4ccc(S(=O)(=O)N(CC(=O)OCC)CC(=O)OCC)cc4)c4ccc([nH]4)c(-c4ccc(S(=O)(=O)N(CC(=O)OCC)CC(=O)OCC)cc4)c4nc(c(-c5ccc(S(=O)(=O)N(CC(=O)OCC)CC(=O)OCC)cc5)c5ccc2[nH]5)C=C4)C=C3)cc1. The number of aromatic nitrogens is 4. The summed E-state index contributed by atoms with van der Waals surface area (Å²) in [7, 11) is -18.7. The number of carbonyl (C=O) groups is 8. The highest BCUT2D eigenvalue weighted by Crippen LogP contribution is 2.40. The monoisotopic (exact) mass is 1620 g/mol. The lowest BCUT2D eigenvalue weighted by atomic mass is 10.0. The Kier molecular flexibility index (Phi) is 28.6. The number of hydrogen-bond donors (Lipinski definition) is 2. The van der Waals surface area contributed by atoms with Gasteiger partial charge in [0.05, 0.1) is 95.2 Å². The maximum atomic E-state index is 14.5. The molecular weight excluding hydrogens is 1540 g/mol. The average molecular weight is 1620 g/mol. The number of fused-ring (bicyclic) bond motifs is 8. The molecule has 2 aliphatic heterocycles. The number of carbonyl (C=O) groups excluding carboxylic acids is 8. The predicted molar refractivity (Wildman–Crippen MR) is 409 cm³/mol. The number of nitrogens with zero attached hydrogens (tertiary/aromatic N) is 6. The summed E-state index contributed by atoms with van der Waals surface area (Å²) in [5.74, 6) is -7.51. The van der Waals surface area contributed by atoms with Crippen LogP contribution >= 0.6 is 0 Å². The second-order valence-electron chi connectivity index (χ2n) is 24.1. The van der Waals surface area contributed by atoms with Gasteiger partial charge in [-0.15, -0.1) is 0 Å². The van der Waals surface area contributed by atoms with Crippen LogP contribution in [0.4, 0.5) is 0 Å². The molecule has 0 radical (unpaired) electrons. The van der Waals surface area contributed by atoms with Crippen molar-refractivity contribution in [3.8, 4) is 44.5 Å². The lowest BCUT2D eigenvalue weighted by molar-refractivity contribution is -0.147. The normalized spacial score (nSPS) is 12.2. The lowest BCUT2D eigenvalue weighted by Gasteiger charge is -2.20. The fraction of sp³-hybridized carbons (Fsp3) is 0.316. The van der Waals surface area contributed by atoms with E-state index in [0.717, 1.165) is 0 Å². The van der Waals surface area contributed by atoms with Crippen LogP contribution in [0.2, 0.25) is 0 Å². The second kappa shape index (κ2) is 37.7. The minimum Gasteiger partial charge on any atom is -0.465 e. The molecule has 594 valence electrons. The molecule has 3 aromatic heterocycles. The highest BCUT2D eigenvalue weighted by molar-refractivity contribution is 7.90. The van der Waals surface area contributed by atoms with Crippen molar-refractivity contribution in [3.63, 3.8) is 0 Å². The van der Waals surface area contributed by atoms with Crippen LogP contribution in [-0.2, 0) is 116 Å². The zero-order valence-electron chi connectivity index (χ0n) is 62.3. The number of aromatic amines is 2. The van der Waals surface area contributed by atoms with E-state index in [1.807, 2.05) is 0 Å². The van der Waals surface area contributed by atoms with Gasteiger partial charge >= 0.3 is 47.8 Å². The van der Waals surface area contributed by atoms with Crippen molar-refractivity contribution in [3.05, 3.63) is 144 Å². The van der Waals surface area contributed by atoms with Gasteiger partial charge in [-0.2, -0.15) is 17.2 Å². The molecule has 32 nitrogen and oxygen atoms in total. The highest BCUT2D eigenvalue weighted by atomic mass is 32.2. The molecule has 2 N–H and O–H groups in total. The van der Waals surface area contributed by atoms with Crippen LogP contribution in [0.25, 0.3) is 90.9 Å². The third kappa shape index (κ3) is 20.1. The van der Waals surface area contributed by atoms with Gasteiger partial charge in [-0.05, 0) is 175 Å². The summed E-state index contributed by atoms with van der Waals surface area (Å²) in [6.07, 6.45) is 6.65. The van der Waals surface area contributed by atoms with Gasteiger partial charge in [0.25, 0.3) is 0 Å². The first-order chi connectivity index (χ1) is 53.4. The van der Waals surface area contributed by atoms with E-state index < -0.39 is 140 Å². The Bertz CT molecular complexity index is 4700. The van der Waals surface area contributed by atoms with E-state index in [1.165, 1.54) is 152 Å². The Morgan fingerprint density at radius 1 is 0.259 bits per heavy atom. The summed E-state index contributed by atoms with van der Waals surface area (Å²) in [5.41, 5.74) is 4.86. The molecule has 0 fully saturated rings. The molecule has 8 bridgehead atoms. The van der Waals surface area contributed by atoms with E-state index in [-0.39, 0.29) is 95.2 Å². The van der Waals surface area contributed by atoms with Crippen molar-refractivity contribution in [2.75, 3.05) is 105 Å². The number of rotatable bonds is 36. The van der Waals surface area contributed by atoms with E-state index in [1.54, 1.807) is 48.6 Å². The average Bonchev–Trinajstić information content (AvgIpc) is 1.84. The summed E-state index contributed by atoms with van der Waals surface area (Å²) in [6, 6.07) is 28.6. The summed E-state index contributed by atoms with van der Waals surface area (Å²) in [6.45, 7) is 4.76. The van der Waals surface area contributed by atoms with Crippen molar-refractivity contribution in [1.29, 1.82) is 0 Å². The maximum absolute atomic E-state index is 14.5. The van der Waals surface area contributed by atoms with Crippen LogP contribution in [0.1, 0.15) is 78.2 Å². The van der Waals surface area contributed by atoms with E-state index in [4.69, 9.17) is 47.9 Å². The largest absolute Gasteiger partial charge is 0.465 e. The van der Waals surface area contributed by atoms with Crippen LogP contribution in [0.15, 0.2) is 141 Å². The van der Waals surface area contributed by atoms with Crippen LogP contribution < -0.4 is 0 Å². The minimum absolute atomic E-state index is 0.0889. The maximum Gasteiger partial charge on any atom is 0.321 e. The topological polar surface area (TPSA) is 417 Å². The molecule has 0 saturated heterocycles. The first-order valence-electron chi connectivity index (χ1n) is 35.3. The first-order valence-corrected chi connectivity index (χ1v) is 41.1. The van der Waals surface area contributed by atoms with Gasteiger partial charge in [-0.25, -0.2) is 43.6 Å². The van der Waals surface area contributed by atoms with Crippen LogP contribution in [0.3, 0.4) is 0 Å². The van der Waals surface area contributed by atoms with Crippen LogP contribution in [-0.4, -0.2) is 224 Å². The number of benzene rings is 4. The number of nitrogens with one attached hydrogen (secondary N) is 2. The lowest BCUT2D eigenvalue weighted by Crippen LogP contribution is -2.40. The molecule has 0 aliphatic carbocycles.